The number of amides is 2. The monoisotopic (exact) mass is 256 g/mol. The van der Waals surface area contributed by atoms with E-state index in [9.17, 15) is 4.79 Å². The van der Waals surface area contributed by atoms with Crippen LogP contribution in [0.25, 0.3) is 0 Å². The van der Waals surface area contributed by atoms with Gasteiger partial charge in [0.1, 0.15) is 0 Å². The van der Waals surface area contributed by atoms with Crippen LogP contribution in [-0.2, 0) is 4.74 Å². The molecule has 1 N–H and O–H groups in total. The lowest BCUT2D eigenvalue weighted by molar-refractivity contribution is 0.0756. The molecule has 0 aromatic carbocycles. The highest BCUT2D eigenvalue weighted by molar-refractivity contribution is 5.74. The largest absolute Gasteiger partial charge is 0.381 e. The first-order valence-corrected chi connectivity index (χ1v) is 7.24. The summed E-state index contributed by atoms with van der Waals surface area (Å²) in [7, 11) is 0. The molecular weight excluding hydrogens is 228 g/mol. The molecule has 2 amide bonds. The number of hydrogen-bond donors (Lipinski definition) is 1. The van der Waals surface area contributed by atoms with Crippen molar-refractivity contribution in [3.8, 4) is 0 Å². The highest BCUT2D eigenvalue weighted by Gasteiger charge is 2.23. The SMILES string of the molecule is CCOCC1CCCN(C(=O)NCCC(C)C)C1. The first-order chi connectivity index (χ1) is 8.63. The molecule has 0 aromatic heterocycles. The summed E-state index contributed by atoms with van der Waals surface area (Å²) in [5, 5.41) is 3.01. The second-order valence-electron chi connectivity index (χ2n) is 5.53. The number of hydrogen-bond acceptors (Lipinski definition) is 2. The quantitative estimate of drug-likeness (QED) is 0.793. The zero-order valence-corrected chi connectivity index (χ0v) is 12.1. The Hall–Kier alpha value is -0.770. The van der Waals surface area contributed by atoms with Gasteiger partial charge in [-0.1, -0.05) is 13.8 Å². The molecule has 0 radical (unpaired) electrons. The van der Waals surface area contributed by atoms with Gasteiger partial charge in [0.25, 0.3) is 0 Å². The first kappa shape index (κ1) is 15.3. The van der Waals surface area contributed by atoms with Gasteiger partial charge in [-0.25, -0.2) is 4.79 Å². The summed E-state index contributed by atoms with van der Waals surface area (Å²) in [5.74, 6) is 1.15. The summed E-state index contributed by atoms with van der Waals surface area (Å²) < 4.78 is 5.46. The highest BCUT2D eigenvalue weighted by atomic mass is 16.5. The lowest BCUT2D eigenvalue weighted by Crippen LogP contribution is -2.46. The van der Waals surface area contributed by atoms with Crippen LogP contribution in [0.5, 0.6) is 0 Å². The van der Waals surface area contributed by atoms with E-state index < -0.39 is 0 Å². The molecule has 1 saturated heterocycles. The predicted molar refractivity (Wildman–Crippen MR) is 73.6 cm³/mol. The van der Waals surface area contributed by atoms with Crippen LogP contribution in [0.1, 0.15) is 40.0 Å². The van der Waals surface area contributed by atoms with E-state index >= 15 is 0 Å². The van der Waals surface area contributed by atoms with Crippen LogP contribution in [0.2, 0.25) is 0 Å². The van der Waals surface area contributed by atoms with E-state index in [2.05, 4.69) is 19.2 Å². The molecule has 4 heteroatoms. The number of nitrogens with zero attached hydrogens (tertiary/aromatic N) is 1. The van der Waals surface area contributed by atoms with E-state index in [1.54, 1.807) is 0 Å². The number of nitrogens with one attached hydrogen (secondary N) is 1. The summed E-state index contributed by atoms with van der Waals surface area (Å²) in [6.07, 6.45) is 3.31. The molecule has 0 aromatic rings. The summed E-state index contributed by atoms with van der Waals surface area (Å²) in [6.45, 7) is 10.4. The van der Waals surface area contributed by atoms with Crippen molar-refractivity contribution in [2.75, 3.05) is 32.8 Å². The molecule has 0 bridgehead atoms. The zero-order chi connectivity index (χ0) is 13.4. The molecule has 0 spiro atoms. The Morgan fingerprint density at radius 3 is 2.94 bits per heavy atom. The molecule has 1 fully saturated rings. The molecule has 4 nitrogen and oxygen atoms in total. The Kier molecular flexibility index (Phi) is 7.09. The van der Waals surface area contributed by atoms with Gasteiger partial charge in [-0.2, -0.15) is 0 Å². The number of carbonyl (C=O) groups is 1. The van der Waals surface area contributed by atoms with Crippen molar-refractivity contribution < 1.29 is 9.53 Å². The van der Waals surface area contributed by atoms with Crippen molar-refractivity contribution in [2.24, 2.45) is 11.8 Å². The van der Waals surface area contributed by atoms with Crippen LogP contribution in [0, 0.1) is 11.8 Å². The van der Waals surface area contributed by atoms with Crippen molar-refractivity contribution in [2.45, 2.75) is 40.0 Å². The van der Waals surface area contributed by atoms with Crippen LogP contribution in [-0.4, -0.2) is 43.8 Å². The number of ether oxygens (including phenoxy) is 1. The highest BCUT2D eigenvalue weighted by Crippen LogP contribution is 2.16. The smallest absolute Gasteiger partial charge is 0.317 e. The minimum atomic E-state index is 0.0943. The number of likely N-dealkylation sites (tertiary alicyclic amines) is 1. The Labute approximate surface area is 111 Å². The summed E-state index contributed by atoms with van der Waals surface area (Å²) in [5.41, 5.74) is 0. The van der Waals surface area contributed by atoms with Gasteiger partial charge in [0, 0.05) is 32.2 Å². The molecule has 106 valence electrons. The third kappa shape index (κ3) is 5.71. The molecule has 1 aliphatic heterocycles. The fourth-order valence-electron chi connectivity index (χ4n) is 2.25. The lowest BCUT2D eigenvalue weighted by atomic mass is 9.99. The summed E-state index contributed by atoms with van der Waals surface area (Å²) >= 11 is 0. The molecule has 0 aliphatic carbocycles. The number of rotatable bonds is 6. The number of carbonyl (C=O) groups excluding carboxylic acids is 1. The van der Waals surface area contributed by atoms with Crippen LogP contribution in [0.4, 0.5) is 4.79 Å². The van der Waals surface area contributed by atoms with Gasteiger partial charge >= 0.3 is 6.03 Å². The fourth-order valence-corrected chi connectivity index (χ4v) is 2.25. The Morgan fingerprint density at radius 1 is 1.50 bits per heavy atom. The van der Waals surface area contributed by atoms with Crippen molar-refractivity contribution in [3.63, 3.8) is 0 Å². The van der Waals surface area contributed by atoms with Crippen LogP contribution < -0.4 is 5.32 Å². The van der Waals surface area contributed by atoms with E-state index in [1.807, 2.05) is 11.8 Å². The van der Waals surface area contributed by atoms with Gasteiger partial charge in [0.05, 0.1) is 6.61 Å². The molecule has 1 unspecified atom stereocenters. The van der Waals surface area contributed by atoms with Gasteiger partial charge in [0.15, 0.2) is 0 Å². The molecule has 1 atom stereocenters. The van der Waals surface area contributed by atoms with E-state index in [-0.39, 0.29) is 6.03 Å². The Balaban J connectivity index is 2.25. The standard InChI is InChI=1S/C14H28N2O2/c1-4-18-11-13-6-5-9-16(10-13)14(17)15-8-7-12(2)3/h12-13H,4-11H2,1-3H3,(H,15,17). The van der Waals surface area contributed by atoms with Gasteiger partial charge in [-0.05, 0) is 32.1 Å². The Morgan fingerprint density at radius 2 is 2.28 bits per heavy atom. The normalized spacial score (nSPS) is 20.2. The van der Waals surface area contributed by atoms with Crippen molar-refractivity contribution in [1.82, 2.24) is 10.2 Å². The van der Waals surface area contributed by atoms with Crippen LogP contribution in [0.3, 0.4) is 0 Å². The minimum absolute atomic E-state index is 0.0943. The van der Waals surface area contributed by atoms with Crippen LogP contribution >= 0.6 is 0 Å². The predicted octanol–water partition coefficient (Wildman–Crippen LogP) is 2.49. The van der Waals surface area contributed by atoms with Gasteiger partial charge in [-0.15, -0.1) is 0 Å². The maximum atomic E-state index is 12.0. The van der Waals surface area contributed by atoms with Crippen LogP contribution in [0.15, 0.2) is 0 Å². The molecule has 1 rings (SSSR count). The second-order valence-corrected chi connectivity index (χ2v) is 5.53. The average molecular weight is 256 g/mol. The molecule has 0 saturated carbocycles. The molecule has 18 heavy (non-hydrogen) atoms. The third-order valence-electron chi connectivity index (χ3n) is 3.36. The number of piperidine rings is 1. The van der Waals surface area contributed by atoms with Crippen molar-refractivity contribution in [3.05, 3.63) is 0 Å². The second kappa shape index (κ2) is 8.35. The fraction of sp³-hybridized carbons (Fsp3) is 0.929. The van der Waals surface area contributed by atoms with Crippen molar-refractivity contribution in [1.29, 1.82) is 0 Å². The summed E-state index contributed by atoms with van der Waals surface area (Å²) in [4.78, 5) is 13.9. The molecular formula is C14H28N2O2. The van der Waals surface area contributed by atoms with Crippen molar-refractivity contribution >= 4 is 6.03 Å². The van der Waals surface area contributed by atoms with Gasteiger partial charge in [0.2, 0.25) is 0 Å². The Bertz CT molecular complexity index is 244. The lowest BCUT2D eigenvalue weighted by Gasteiger charge is -2.32. The average Bonchev–Trinajstić information content (AvgIpc) is 2.36. The maximum absolute atomic E-state index is 12.0. The third-order valence-corrected chi connectivity index (χ3v) is 3.36. The van der Waals surface area contributed by atoms with E-state index in [0.717, 1.165) is 45.7 Å². The maximum Gasteiger partial charge on any atom is 0.317 e. The topological polar surface area (TPSA) is 41.6 Å². The first-order valence-electron chi connectivity index (χ1n) is 7.24. The summed E-state index contributed by atoms with van der Waals surface area (Å²) in [6, 6.07) is 0.0943. The van der Waals surface area contributed by atoms with E-state index in [4.69, 9.17) is 4.74 Å². The number of urea groups is 1. The van der Waals surface area contributed by atoms with Gasteiger partial charge < -0.3 is 15.0 Å². The minimum Gasteiger partial charge on any atom is -0.381 e. The molecule has 1 aliphatic rings. The zero-order valence-electron chi connectivity index (χ0n) is 12.1. The molecule has 1 heterocycles. The van der Waals surface area contributed by atoms with E-state index in [0.29, 0.717) is 11.8 Å². The van der Waals surface area contributed by atoms with E-state index in [1.165, 1.54) is 6.42 Å². The van der Waals surface area contributed by atoms with Gasteiger partial charge in [-0.3, -0.25) is 0 Å².